The van der Waals surface area contributed by atoms with Crippen molar-refractivity contribution in [2.24, 2.45) is 5.41 Å². The number of rotatable bonds is 9. The second-order valence-electron chi connectivity index (χ2n) is 6.08. The van der Waals surface area contributed by atoms with Crippen molar-refractivity contribution < 1.29 is 5.11 Å². The highest BCUT2D eigenvalue weighted by molar-refractivity contribution is 4.84. The maximum atomic E-state index is 8.99. The molecule has 0 radical (unpaired) electrons. The molecule has 0 unspecified atom stereocenters. The standard InChI is InChI=1S/C14H30N2O/c1-4-15-11-14(2,3)12-16(9-6-10-17)13-7-5-8-13/h13,15,17H,4-12H2,1-3H3. The molecule has 2 N–H and O–H groups in total. The Bertz CT molecular complexity index is 202. The van der Waals surface area contributed by atoms with Crippen LogP contribution in [0, 0.1) is 5.41 Å². The van der Waals surface area contributed by atoms with E-state index >= 15 is 0 Å². The van der Waals surface area contributed by atoms with Crippen LogP contribution in [0.5, 0.6) is 0 Å². The number of aliphatic hydroxyl groups excluding tert-OH is 1. The molecule has 0 saturated heterocycles. The molecule has 0 spiro atoms. The van der Waals surface area contributed by atoms with Gasteiger partial charge >= 0.3 is 0 Å². The third-order valence-electron chi connectivity index (χ3n) is 3.68. The zero-order chi connectivity index (χ0) is 12.7. The molecule has 3 nitrogen and oxygen atoms in total. The fourth-order valence-corrected chi connectivity index (χ4v) is 2.49. The fraction of sp³-hybridized carbons (Fsp3) is 1.00. The van der Waals surface area contributed by atoms with Crippen molar-refractivity contribution in [3.05, 3.63) is 0 Å². The molecule has 1 rings (SSSR count). The van der Waals surface area contributed by atoms with Crippen molar-refractivity contribution in [2.75, 3.05) is 32.8 Å². The monoisotopic (exact) mass is 242 g/mol. The number of nitrogens with one attached hydrogen (secondary N) is 1. The van der Waals surface area contributed by atoms with Gasteiger partial charge in [0.2, 0.25) is 0 Å². The Morgan fingerprint density at radius 3 is 2.53 bits per heavy atom. The minimum Gasteiger partial charge on any atom is -0.396 e. The van der Waals surface area contributed by atoms with Crippen LogP contribution in [0.4, 0.5) is 0 Å². The molecule has 102 valence electrons. The van der Waals surface area contributed by atoms with Crippen LogP contribution in [0.15, 0.2) is 0 Å². The highest BCUT2D eigenvalue weighted by atomic mass is 16.3. The molecule has 1 saturated carbocycles. The molecule has 1 fully saturated rings. The zero-order valence-corrected chi connectivity index (χ0v) is 11.8. The topological polar surface area (TPSA) is 35.5 Å². The lowest BCUT2D eigenvalue weighted by Gasteiger charge is -2.42. The molecule has 0 atom stereocenters. The lowest BCUT2D eigenvalue weighted by atomic mass is 9.87. The van der Waals surface area contributed by atoms with E-state index in [1.165, 1.54) is 19.3 Å². The Balaban J connectivity index is 2.39. The van der Waals surface area contributed by atoms with Crippen LogP contribution < -0.4 is 5.32 Å². The Kier molecular flexibility index (Phi) is 6.45. The highest BCUT2D eigenvalue weighted by Crippen LogP contribution is 2.28. The molecule has 0 aliphatic heterocycles. The predicted octanol–water partition coefficient (Wildman–Crippen LogP) is 1.86. The van der Waals surface area contributed by atoms with E-state index in [2.05, 4.69) is 31.0 Å². The second kappa shape index (κ2) is 7.34. The molecule has 3 heteroatoms. The van der Waals surface area contributed by atoms with E-state index in [0.717, 1.165) is 38.6 Å². The van der Waals surface area contributed by atoms with E-state index in [-0.39, 0.29) is 0 Å². The first-order valence-corrected chi connectivity index (χ1v) is 7.14. The van der Waals surface area contributed by atoms with Crippen molar-refractivity contribution in [2.45, 2.75) is 52.5 Å². The second-order valence-corrected chi connectivity index (χ2v) is 6.08. The van der Waals surface area contributed by atoms with Gasteiger partial charge in [0.05, 0.1) is 0 Å². The van der Waals surface area contributed by atoms with E-state index in [1.807, 2.05) is 0 Å². The fourth-order valence-electron chi connectivity index (χ4n) is 2.49. The van der Waals surface area contributed by atoms with Gasteiger partial charge < -0.3 is 10.4 Å². The Morgan fingerprint density at radius 2 is 2.06 bits per heavy atom. The molecule has 1 aliphatic rings. The SMILES string of the molecule is CCNCC(C)(C)CN(CCCO)C1CCC1. The largest absolute Gasteiger partial charge is 0.396 e. The lowest BCUT2D eigenvalue weighted by molar-refractivity contribution is 0.0750. The van der Waals surface area contributed by atoms with Crippen LogP contribution in [0.3, 0.4) is 0 Å². The molecular weight excluding hydrogens is 212 g/mol. The van der Waals surface area contributed by atoms with E-state index in [9.17, 15) is 0 Å². The third-order valence-corrected chi connectivity index (χ3v) is 3.68. The van der Waals surface area contributed by atoms with Crippen LogP contribution in [0.25, 0.3) is 0 Å². The van der Waals surface area contributed by atoms with Gasteiger partial charge in [0, 0.05) is 32.3 Å². The highest BCUT2D eigenvalue weighted by Gasteiger charge is 2.29. The summed E-state index contributed by atoms with van der Waals surface area (Å²) >= 11 is 0. The van der Waals surface area contributed by atoms with Crippen LogP contribution >= 0.6 is 0 Å². The lowest BCUT2D eigenvalue weighted by Crippen LogP contribution is -2.48. The predicted molar refractivity (Wildman–Crippen MR) is 73.2 cm³/mol. The summed E-state index contributed by atoms with van der Waals surface area (Å²) in [7, 11) is 0. The molecule has 17 heavy (non-hydrogen) atoms. The van der Waals surface area contributed by atoms with Crippen molar-refractivity contribution in [1.82, 2.24) is 10.2 Å². The van der Waals surface area contributed by atoms with Crippen LogP contribution in [0.2, 0.25) is 0 Å². The Labute approximate surface area is 107 Å². The number of aliphatic hydroxyl groups is 1. The first-order chi connectivity index (χ1) is 8.09. The maximum Gasteiger partial charge on any atom is 0.0443 e. The van der Waals surface area contributed by atoms with Gasteiger partial charge in [0.25, 0.3) is 0 Å². The Morgan fingerprint density at radius 1 is 1.35 bits per heavy atom. The first kappa shape index (κ1) is 14.9. The van der Waals surface area contributed by atoms with Gasteiger partial charge in [0.15, 0.2) is 0 Å². The maximum absolute atomic E-state index is 8.99. The molecule has 0 amide bonds. The summed E-state index contributed by atoms with van der Waals surface area (Å²) in [5.74, 6) is 0. The molecule has 0 heterocycles. The van der Waals surface area contributed by atoms with E-state index in [0.29, 0.717) is 12.0 Å². The van der Waals surface area contributed by atoms with Gasteiger partial charge in [-0.1, -0.05) is 27.2 Å². The van der Waals surface area contributed by atoms with E-state index in [4.69, 9.17) is 5.11 Å². The van der Waals surface area contributed by atoms with Crippen molar-refractivity contribution in [3.63, 3.8) is 0 Å². The molecule has 1 aliphatic carbocycles. The first-order valence-electron chi connectivity index (χ1n) is 7.14. The van der Waals surface area contributed by atoms with Crippen LogP contribution in [0.1, 0.15) is 46.5 Å². The minimum absolute atomic E-state index is 0.316. The summed E-state index contributed by atoms with van der Waals surface area (Å²) in [5.41, 5.74) is 0.320. The summed E-state index contributed by atoms with van der Waals surface area (Å²) in [4.78, 5) is 2.59. The molecule has 0 aromatic heterocycles. The number of hydrogen-bond acceptors (Lipinski definition) is 3. The normalized spacial score (nSPS) is 17.5. The molecular formula is C14H30N2O. The van der Waals surface area contributed by atoms with Crippen molar-refractivity contribution in [3.8, 4) is 0 Å². The average Bonchev–Trinajstić information content (AvgIpc) is 2.20. The van der Waals surface area contributed by atoms with E-state index in [1.54, 1.807) is 0 Å². The number of hydrogen-bond donors (Lipinski definition) is 2. The quantitative estimate of drug-likeness (QED) is 0.648. The van der Waals surface area contributed by atoms with Gasteiger partial charge in [-0.15, -0.1) is 0 Å². The summed E-state index contributed by atoms with van der Waals surface area (Å²) in [6.07, 6.45) is 4.99. The third kappa shape index (κ3) is 5.36. The zero-order valence-electron chi connectivity index (χ0n) is 11.8. The van der Waals surface area contributed by atoms with Gasteiger partial charge in [-0.3, -0.25) is 4.90 Å². The van der Waals surface area contributed by atoms with Gasteiger partial charge in [-0.05, 0) is 31.2 Å². The van der Waals surface area contributed by atoms with Gasteiger partial charge in [-0.2, -0.15) is 0 Å². The summed E-state index contributed by atoms with van der Waals surface area (Å²) in [5, 5.41) is 12.4. The van der Waals surface area contributed by atoms with E-state index < -0.39 is 0 Å². The van der Waals surface area contributed by atoms with Crippen molar-refractivity contribution in [1.29, 1.82) is 0 Å². The Hall–Kier alpha value is -0.120. The molecule has 0 aromatic carbocycles. The average molecular weight is 242 g/mol. The smallest absolute Gasteiger partial charge is 0.0443 e. The molecule has 0 aromatic rings. The summed E-state index contributed by atoms with van der Waals surface area (Å²) < 4.78 is 0. The number of nitrogens with zero attached hydrogens (tertiary/aromatic N) is 1. The van der Waals surface area contributed by atoms with Crippen LogP contribution in [-0.2, 0) is 0 Å². The van der Waals surface area contributed by atoms with Gasteiger partial charge in [0.1, 0.15) is 0 Å². The van der Waals surface area contributed by atoms with Crippen molar-refractivity contribution >= 4 is 0 Å². The minimum atomic E-state index is 0.316. The van der Waals surface area contributed by atoms with Crippen LogP contribution in [-0.4, -0.2) is 48.8 Å². The van der Waals surface area contributed by atoms with Gasteiger partial charge in [-0.25, -0.2) is 0 Å². The summed E-state index contributed by atoms with van der Waals surface area (Å²) in [6, 6.07) is 0.780. The summed E-state index contributed by atoms with van der Waals surface area (Å²) in [6.45, 7) is 11.5. The molecule has 0 bridgehead atoms.